The first-order valence-electron chi connectivity index (χ1n) is 10.1. The van der Waals surface area contributed by atoms with Crippen LogP contribution in [0.25, 0.3) is 0 Å². The van der Waals surface area contributed by atoms with E-state index in [4.69, 9.17) is 9.47 Å². The molecular weight excluding hydrogens is 394 g/mol. The number of hydrogen-bond donors (Lipinski definition) is 0. The fourth-order valence-corrected chi connectivity index (χ4v) is 3.89. The van der Waals surface area contributed by atoms with Gasteiger partial charge in [0.2, 0.25) is 0 Å². The average molecular weight is 419 g/mol. The van der Waals surface area contributed by atoms with Crippen molar-refractivity contribution in [1.29, 1.82) is 0 Å². The van der Waals surface area contributed by atoms with Crippen LogP contribution in [-0.4, -0.2) is 34.6 Å². The maximum absolute atomic E-state index is 13.2. The summed E-state index contributed by atoms with van der Waals surface area (Å²) in [5.74, 6) is 1.06. The molecule has 2 aromatic heterocycles. The minimum Gasteiger partial charge on any atom is -0.493 e. The number of ether oxygens (including phenoxy) is 2. The summed E-state index contributed by atoms with van der Waals surface area (Å²) in [6.45, 7) is 3.15. The monoisotopic (exact) mass is 419 g/mol. The Bertz CT molecular complexity index is 1160. The topological polar surface area (TPSA) is 73.7 Å². The van der Waals surface area contributed by atoms with Gasteiger partial charge in [-0.15, -0.1) is 0 Å². The lowest BCUT2D eigenvalue weighted by atomic mass is 10.1. The molecule has 160 valence electrons. The lowest BCUT2D eigenvalue weighted by Gasteiger charge is -2.17. The number of pyridine rings is 2. The molecule has 0 saturated heterocycles. The van der Waals surface area contributed by atoms with Gasteiger partial charge in [-0.25, -0.2) is 0 Å². The molecule has 4 rings (SSSR count). The van der Waals surface area contributed by atoms with Gasteiger partial charge in [0.1, 0.15) is 5.56 Å². The van der Waals surface area contributed by atoms with Crippen molar-refractivity contribution in [2.75, 3.05) is 14.2 Å². The van der Waals surface area contributed by atoms with Gasteiger partial charge in [0, 0.05) is 25.5 Å². The summed E-state index contributed by atoms with van der Waals surface area (Å²) in [4.78, 5) is 32.4. The van der Waals surface area contributed by atoms with Gasteiger partial charge in [-0.1, -0.05) is 12.1 Å². The molecule has 0 saturated carbocycles. The first-order chi connectivity index (χ1) is 15.0. The summed E-state index contributed by atoms with van der Waals surface area (Å²) in [6.07, 6.45) is 4.09. The van der Waals surface area contributed by atoms with Crippen molar-refractivity contribution in [2.45, 2.75) is 33.0 Å². The molecule has 1 aromatic carbocycles. The SMILES string of the molecule is COc1ccc(CCn2ccc(C)c(C(=O)N3Cc4cccnc4C3)c2=O)cc1OC. The van der Waals surface area contributed by atoms with Gasteiger partial charge in [-0.2, -0.15) is 0 Å². The number of hydrogen-bond acceptors (Lipinski definition) is 5. The van der Waals surface area contributed by atoms with Crippen molar-refractivity contribution >= 4 is 5.91 Å². The third-order valence-electron chi connectivity index (χ3n) is 5.65. The average Bonchev–Trinajstić information content (AvgIpc) is 3.22. The van der Waals surface area contributed by atoms with E-state index in [1.54, 1.807) is 43.0 Å². The van der Waals surface area contributed by atoms with E-state index < -0.39 is 0 Å². The van der Waals surface area contributed by atoms with Crippen LogP contribution in [0.4, 0.5) is 0 Å². The predicted octanol–water partition coefficient (Wildman–Crippen LogP) is 2.97. The van der Waals surface area contributed by atoms with E-state index in [0.29, 0.717) is 43.1 Å². The molecule has 1 aliphatic rings. The van der Waals surface area contributed by atoms with Gasteiger partial charge in [-0.3, -0.25) is 14.6 Å². The van der Waals surface area contributed by atoms with E-state index in [0.717, 1.165) is 16.8 Å². The normalized spacial score (nSPS) is 12.5. The number of amides is 1. The minimum atomic E-state index is -0.269. The Labute approximate surface area is 180 Å². The molecule has 7 heteroatoms. The molecule has 3 aromatic rings. The van der Waals surface area contributed by atoms with Crippen LogP contribution in [0.2, 0.25) is 0 Å². The number of rotatable bonds is 6. The third kappa shape index (κ3) is 4.03. The number of carbonyl (C=O) groups is 1. The lowest BCUT2D eigenvalue weighted by molar-refractivity contribution is 0.0747. The van der Waals surface area contributed by atoms with Gasteiger partial charge in [0.25, 0.3) is 11.5 Å². The molecule has 0 fully saturated rings. The van der Waals surface area contributed by atoms with Crippen LogP contribution in [0.5, 0.6) is 11.5 Å². The van der Waals surface area contributed by atoms with Crippen LogP contribution in [0, 0.1) is 6.92 Å². The number of carbonyl (C=O) groups excluding carboxylic acids is 1. The summed E-state index contributed by atoms with van der Waals surface area (Å²) >= 11 is 0. The van der Waals surface area contributed by atoms with Crippen LogP contribution in [0.15, 0.2) is 53.6 Å². The Hall–Kier alpha value is -3.61. The van der Waals surface area contributed by atoms with E-state index in [9.17, 15) is 9.59 Å². The number of nitrogens with zero attached hydrogens (tertiary/aromatic N) is 3. The maximum Gasteiger partial charge on any atom is 0.263 e. The molecule has 0 aliphatic carbocycles. The van der Waals surface area contributed by atoms with Crippen LogP contribution < -0.4 is 15.0 Å². The van der Waals surface area contributed by atoms with Crippen molar-refractivity contribution in [3.63, 3.8) is 0 Å². The zero-order valence-electron chi connectivity index (χ0n) is 17.9. The van der Waals surface area contributed by atoms with E-state index in [1.165, 1.54) is 0 Å². The summed E-state index contributed by atoms with van der Waals surface area (Å²) in [5, 5.41) is 0. The Balaban J connectivity index is 1.54. The Kier molecular flexibility index (Phi) is 5.75. The van der Waals surface area contributed by atoms with Crippen molar-refractivity contribution in [1.82, 2.24) is 14.5 Å². The quantitative estimate of drug-likeness (QED) is 0.614. The summed E-state index contributed by atoms with van der Waals surface area (Å²) < 4.78 is 12.2. The van der Waals surface area contributed by atoms with Gasteiger partial charge in [-0.05, 0) is 54.3 Å². The first-order valence-corrected chi connectivity index (χ1v) is 10.1. The van der Waals surface area contributed by atoms with Crippen LogP contribution in [0.1, 0.15) is 32.7 Å². The number of aromatic nitrogens is 2. The summed E-state index contributed by atoms with van der Waals surface area (Å²) in [7, 11) is 3.19. The van der Waals surface area contributed by atoms with Crippen molar-refractivity contribution in [3.05, 3.63) is 87.1 Å². The maximum atomic E-state index is 13.2. The van der Waals surface area contributed by atoms with Crippen LogP contribution >= 0.6 is 0 Å². The molecule has 1 aliphatic heterocycles. The van der Waals surface area contributed by atoms with E-state index in [2.05, 4.69) is 4.98 Å². The van der Waals surface area contributed by atoms with Gasteiger partial charge in [0.05, 0.1) is 26.5 Å². The molecule has 0 N–H and O–H groups in total. The Morgan fingerprint density at radius 1 is 1.10 bits per heavy atom. The first kappa shape index (κ1) is 20.7. The van der Waals surface area contributed by atoms with Gasteiger partial charge < -0.3 is 18.9 Å². The molecular formula is C24H25N3O4. The second-order valence-corrected chi connectivity index (χ2v) is 7.58. The molecule has 0 radical (unpaired) electrons. The zero-order chi connectivity index (χ0) is 22.0. The minimum absolute atomic E-state index is 0.225. The molecule has 0 spiro atoms. The number of fused-ring (bicyclic) bond motifs is 1. The Morgan fingerprint density at radius 3 is 2.65 bits per heavy atom. The van der Waals surface area contributed by atoms with Crippen molar-refractivity contribution in [3.8, 4) is 11.5 Å². The summed E-state index contributed by atoms with van der Waals surface area (Å²) in [6, 6.07) is 11.3. The van der Waals surface area contributed by atoms with Crippen molar-refractivity contribution in [2.24, 2.45) is 0 Å². The molecule has 0 atom stereocenters. The molecule has 0 bridgehead atoms. The second-order valence-electron chi connectivity index (χ2n) is 7.58. The molecule has 7 nitrogen and oxygen atoms in total. The highest BCUT2D eigenvalue weighted by atomic mass is 16.5. The molecule has 31 heavy (non-hydrogen) atoms. The highest BCUT2D eigenvalue weighted by molar-refractivity contribution is 5.95. The zero-order valence-corrected chi connectivity index (χ0v) is 17.9. The Morgan fingerprint density at radius 2 is 1.90 bits per heavy atom. The standard InChI is InChI=1S/C24H25N3O4/c1-16-8-11-26(12-9-17-6-7-20(30-2)21(13-17)31-3)23(28)22(16)24(29)27-14-18-5-4-10-25-19(18)15-27/h4-8,10-11,13H,9,12,14-15H2,1-3H3. The molecule has 0 unspecified atom stereocenters. The van der Waals surface area contributed by atoms with E-state index in [-0.39, 0.29) is 17.0 Å². The van der Waals surface area contributed by atoms with Crippen LogP contribution in [0.3, 0.4) is 0 Å². The number of benzene rings is 1. The number of aryl methyl sites for hydroxylation is 3. The molecule has 1 amide bonds. The second kappa shape index (κ2) is 8.63. The van der Waals surface area contributed by atoms with E-state index >= 15 is 0 Å². The fourth-order valence-electron chi connectivity index (χ4n) is 3.89. The van der Waals surface area contributed by atoms with Gasteiger partial charge in [0.15, 0.2) is 11.5 Å². The largest absolute Gasteiger partial charge is 0.493 e. The predicted molar refractivity (Wildman–Crippen MR) is 117 cm³/mol. The number of methoxy groups -OCH3 is 2. The highest BCUT2D eigenvalue weighted by Crippen LogP contribution is 2.28. The highest BCUT2D eigenvalue weighted by Gasteiger charge is 2.28. The summed E-state index contributed by atoms with van der Waals surface area (Å²) in [5.41, 5.74) is 3.56. The fraction of sp³-hybridized carbons (Fsp3) is 0.292. The smallest absolute Gasteiger partial charge is 0.263 e. The lowest BCUT2D eigenvalue weighted by Crippen LogP contribution is -2.35. The third-order valence-corrected chi connectivity index (χ3v) is 5.65. The molecule has 3 heterocycles. The van der Waals surface area contributed by atoms with Gasteiger partial charge >= 0.3 is 0 Å². The van der Waals surface area contributed by atoms with Crippen molar-refractivity contribution < 1.29 is 14.3 Å². The van der Waals surface area contributed by atoms with E-state index in [1.807, 2.05) is 36.4 Å². The van der Waals surface area contributed by atoms with Crippen LogP contribution in [-0.2, 0) is 26.1 Å².